The summed E-state index contributed by atoms with van der Waals surface area (Å²) in [5.41, 5.74) is 2.82. The molecule has 0 radical (unpaired) electrons. The summed E-state index contributed by atoms with van der Waals surface area (Å²) >= 11 is 1.43. The number of rotatable bonds is 3. The zero-order chi connectivity index (χ0) is 17.4. The van der Waals surface area contributed by atoms with Crippen LogP contribution in [0.1, 0.15) is 20.9 Å². The molecule has 5 nitrogen and oxygen atoms in total. The number of nitrogens with one attached hydrogen (secondary N) is 1. The fourth-order valence-corrected chi connectivity index (χ4v) is 3.77. The Hall–Kier alpha value is -2.99. The third-order valence-corrected chi connectivity index (χ3v) is 5.12. The second kappa shape index (κ2) is 6.14. The highest BCUT2D eigenvalue weighted by molar-refractivity contribution is 7.20. The van der Waals surface area contributed by atoms with Crippen molar-refractivity contribution >= 4 is 33.3 Å². The van der Waals surface area contributed by atoms with Crippen LogP contribution in [0, 0.1) is 13.8 Å². The van der Waals surface area contributed by atoms with Crippen LogP contribution in [0.5, 0.6) is 0 Å². The quantitative estimate of drug-likeness (QED) is 0.599. The van der Waals surface area contributed by atoms with Gasteiger partial charge in [-0.15, -0.1) is 11.3 Å². The number of nitrogens with zero attached hydrogens (tertiary/aromatic N) is 3. The first kappa shape index (κ1) is 15.5. The SMILES string of the molecule is Cc1cccnc1NC(=O)c1cc2c(C)nn(-c3ccccc3)c2s1. The molecule has 0 bridgehead atoms. The zero-order valence-corrected chi connectivity index (χ0v) is 14.7. The summed E-state index contributed by atoms with van der Waals surface area (Å²) in [6.07, 6.45) is 1.67. The second-order valence-corrected chi connectivity index (χ2v) is 6.82. The van der Waals surface area contributed by atoms with E-state index < -0.39 is 0 Å². The lowest BCUT2D eigenvalue weighted by atomic mass is 10.2. The maximum atomic E-state index is 12.6. The minimum atomic E-state index is -0.151. The maximum Gasteiger partial charge on any atom is 0.266 e. The number of hydrogen-bond acceptors (Lipinski definition) is 4. The molecule has 1 aromatic carbocycles. The number of benzene rings is 1. The molecule has 0 aliphatic heterocycles. The highest BCUT2D eigenvalue weighted by Crippen LogP contribution is 2.30. The molecule has 0 aliphatic rings. The van der Waals surface area contributed by atoms with Crippen molar-refractivity contribution in [1.82, 2.24) is 14.8 Å². The molecule has 124 valence electrons. The average Bonchev–Trinajstić information content (AvgIpc) is 3.19. The topological polar surface area (TPSA) is 59.8 Å². The number of fused-ring (bicyclic) bond motifs is 1. The van der Waals surface area contributed by atoms with E-state index in [-0.39, 0.29) is 5.91 Å². The molecule has 0 unspecified atom stereocenters. The van der Waals surface area contributed by atoms with Crippen LogP contribution >= 0.6 is 11.3 Å². The zero-order valence-electron chi connectivity index (χ0n) is 13.9. The fourth-order valence-electron chi connectivity index (χ4n) is 2.69. The van der Waals surface area contributed by atoms with Crippen LogP contribution in [0.15, 0.2) is 54.7 Å². The third-order valence-electron chi connectivity index (χ3n) is 4.01. The van der Waals surface area contributed by atoms with Gasteiger partial charge in [-0.2, -0.15) is 5.10 Å². The van der Waals surface area contributed by atoms with E-state index in [0.717, 1.165) is 27.2 Å². The predicted molar refractivity (Wildman–Crippen MR) is 101 cm³/mol. The van der Waals surface area contributed by atoms with Crippen molar-refractivity contribution in [1.29, 1.82) is 0 Å². The molecule has 3 aromatic heterocycles. The van der Waals surface area contributed by atoms with Gasteiger partial charge in [0.05, 0.1) is 16.3 Å². The molecular formula is C19H16N4OS. The van der Waals surface area contributed by atoms with Crippen molar-refractivity contribution in [3.05, 3.63) is 70.9 Å². The first-order valence-corrected chi connectivity index (χ1v) is 8.72. The van der Waals surface area contributed by atoms with Crippen molar-refractivity contribution in [2.45, 2.75) is 13.8 Å². The highest BCUT2D eigenvalue weighted by Gasteiger charge is 2.17. The Morgan fingerprint density at radius 2 is 1.92 bits per heavy atom. The van der Waals surface area contributed by atoms with Gasteiger partial charge in [0.25, 0.3) is 5.91 Å². The van der Waals surface area contributed by atoms with E-state index in [2.05, 4.69) is 15.4 Å². The summed E-state index contributed by atoms with van der Waals surface area (Å²) in [5.74, 6) is 0.438. The molecule has 1 amide bonds. The summed E-state index contributed by atoms with van der Waals surface area (Å²) in [6, 6.07) is 15.6. The molecule has 0 aliphatic carbocycles. The van der Waals surface area contributed by atoms with Crippen LogP contribution in [-0.2, 0) is 0 Å². The summed E-state index contributed by atoms with van der Waals surface area (Å²) in [5, 5.41) is 8.49. The molecule has 0 atom stereocenters. The van der Waals surface area contributed by atoms with E-state index in [4.69, 9.17) is 0 Å². The second-order valence-electron chi connectivity index (χ2n) is 5.79. The van der Waals surface area contributed by atoms with Gasteiger partial charge in [-0.05, 0) is 43.7 Å². The van der Waals surface area contributed by atoms with Crippen molar-refractivity contribution in [3.63, 3.8) is 0 Å². The van der Waals surface area contributed by atoms with Crippen LogP contribution < -0.4 is 5.32 Å². The van der Waals surface area contributed by atoms with Gasteiger partial charge in [-0.3, -0.25) is 4.79 Å². The fraction of sp³-hybridized carbons (Fsp3) is 0.105. The van der Waals surface area contributed by atoms with Gasteiger partial charge >= 0.3 is 0 Å². The van der Waals surface area contributed by atoms with Gasteiger partial charge in [0.1, 0.15) is 10.6 Å². The molecule has 4 aromatic rings. The Labute approximate surface area is 149 Å². The molecule has 0 fully saturated rings. The number of anilines is 1. The molecule has 0 saturated heterocycles. The third kappa shape index (κ3) is 2.81. The standard InChI is InChI=1S/C19H16N4OS/c1-12-7-6-10-20-17(12)21-18(24)16-11-15-13(2)22-23(19(15)25-16)14-8-4-3-5-9-14/h3-11H,1-2H3,(H,20,21,24). The summed E-state index contributed by atoms with van der Waals surface area (Å²) in [6.45, 7) is 3.88. The largest absolute Gasteiger partial charge is 0.306 e. The monoisotopic (exact) mass is 348 g/mol. The minimum Gasteiger partial charge on any atom is -0.306 e. The number of pyridine rings is 1. The average molecular weight is 348 g/mol. The molecule has 25 heavy (non-hydrogen) atoms. The Morgan fingerprint density at radius 1 is 1.12 bits per heavy atom. The van der Waals surface area contributed by atoms with Gasteiger partial charge in [-0.1, -0.05) is 24.3 Å². The molecule has 4 rings (SSSR count). The van der Waals surface area contributed by atoms with Crippen LogP contribution in [-0.4, -0.2) is 20.7 Å². The molecule has 0 spiro atoms. The lowest BCUT2D eigenvalue weighted by Gasteiger charge is -2.05. The van der Waals surface area contributed by atoms with Crippen molar-refractivity contribution in [3.8, 4) is 5.69 Å². The number of aromatic nitrogens is 3. The lowest BCUT2D eigenvalue weighted by Crippen LogP contribution is -2.12. The van der Waals surface area contributed by atoms with Crippen molar-refractivity contribution < 1.29 is 4.79 Å². The number of para-hydroxylation sites is 1. The Morgan fingerprint density at radius 3 is 2.68 bits per heavy atom. The van der Waals surface area contributed by atoms with E-state index in [9.17, 15) is 4.79 Å². The number of amides is 1. The van der Waals surface area contributed by atoms with Gasteiger partial charge in [-0.25, -0.2) is 9.67 Å². The summed E-state index contributed by atoms with van der Waals surface area (Å²) in [4.78, 5) is 18.5. The van der Waals surface area contributed by atoms with Crippen molar-refractivity contribution in [2.75, 3.05) is 5.32 Å². The van der Waals surface area contributed by atoms with E-state index in [0.29, 0.717) is 10.7 Å². The minimum absolute atomic E-state index is 0.151. The summed E-state index contributed by atoms with van der Waals surface area (Å²) in [7, 11) is 0. The number of thiophene rings is 1. The van der Waals surface area contributed by atoms with Gasteiger partial charge in [0.15, 0.2) is 0 Å². The predicted octanol–water partition coefficient (Wildman–Crippen LogP) is 4.35. The smallest absolute Gasteiger partial charge is 0.266 e. The number of carbonyl (C=O) groups excluding carboxylic acids is 1. The molecule has 3 heterocycles. The van der Waals surface area contributed by atoms with Crippen LogP contribution in [0.25, 0.3) is 15.9 Å². The van der Waals surface area contributed by atoms with E-state index >= 15 is 0 Å². The first-order chi connectivity index (χ1) is 12.1. The first-order valence-electron chi connectivity index (χ1n) is 7.91. The Kier molecular flexibility index (Phi) is 3.82. The van der Waals surface area contributed by atoms with E-state index in [1.807, 2.05) is 67.1 Å². The van der Waals surface area contributed by atoms with E-state index in [1.54, 1.807) is 6.20 Å². The number of aryl methyl sites for hydroxylation is 2. The lowest BCUT2D eigenvalue weighted by molar-refractivity contribution is 0.103. The number of hydrogen-bond donors (Lipinski definition) is 1. The van der Waals surface area contributed by atoms with E-state index in [1.165, 1.54) is 11.3 Å². The number of carbonyl (C=O) groups is 1. The van der Waals surface area contributed by atoms with Gasteiger partial charge in [0.2, 0.25) is 0 Å². The Balaban J connectivity index is 1.72. The normalized spacial score (nSPS) is 11.0. The molecule has 1 N–H and O–H groups in total. The maximum absolute atomic E-state index is 12.6. The molecule has 0 saturated carbocycles. The van der Waals surface area contributed by atoms with Crippen LogP contribution in [0.4, 0.5) is 5.82 Å². The van der Waals surface area contributed by atoms with Gasteiger partial charge in [0, 0.05) is 11.6 Å². The van der Waals surface area contributed by atoms with Crippen LogP contribution in [0.3, 0.4) is 0 Å². The summed E-state index contributed by atoms with van der Waals surface area (Å²) < 4.78 is 1.89. The highest BCUT2D eigenvalue weighted by atomic mass is 32.1. The Bertz CT molecular complexity index is 1070. The van der Waals surface area contributed by atoms with Gasteiger partial charge < -0.3 is 5.32 Å². The molecular weight excluding hydrogens is 332 g/mol. The van der Waals surface area contributed by atoms with Crippen molar-refractivity contribution in [2.24, 2.45) is 0 Å². The molecule has 6 heteroatoms. The van der Waals surface area contributed by atoms with Crippen LogP contribution in [0.2, 0.25) is 0 Å².